The fourth-order valence-electron chi connectivity index (χ4n) is 1.78. The topological polar surface area (TPSA) is 82.1 Å². The number of aryl methyl sites for hydroxylation is 2. The molecule has 8 heteroatoms. The summed E-state index contributed by atoms with van der Waals surface area (Å²) in [6.07, 6.45) is 0.556. The van der Waals surface area contributed by atoms with Gasteiger partial charge >= 0.3 is 0 Å². The Kier molecular flexibility index (Phi) is 5.31. The predicted molar refractivity (Wildman–Crippen MR) is 81.9 cm³/mol. The van der Waals surface area contributed by atoms with Gasteiger partial charge in [0, 0.05) is 10.7 Å². The third kappa shape index (κ3) is 3.72. The lowest BCUT2D eigenvalue weighted by Gasteiger charge is -2.13. The summed E-state index contributed by atoms with van der Waals surface area (Å²) in [5, 5.41) is 18.3. The Balaban J connectivity index is 2.10. The standard InChI is InChI=1S/C14H16ClN3O3S/c1-4-11(22-13-14(20)21-17-18(13)3)12(19)16-9-6-5-8(2)10(15)7-9/h5-7,11H,4H2,1-3H3,(H-,16,17,19,20). The van der Waals surface area contributed by atoms with E-state index in [0.717, 1.165) is 17.3 Å². The summed E-state index contributed by atoms with van der Waals surface area (Å²) in [5.41, 5.74) is 1.56. The highest BCUT2D eigenvalue weighted by atomic mass is 35.5. The molecule has 1 heterocycles. The quantitative estimate of drug-likeness (QED) is 0.664. The molecule has 0 bridgehead atoms. The molecule has 22 heavy (non-hydrogen) atoms. The fraction of sp³-hybridized carbons (Fsp3) is 0.357. The van der Waals surface area contributed by atoms with Crippen molar-refractivity contribution in [3.05, 3.63) is 28.8 Å². The number of hydrogen-bond donors (Lipinski definition) is 1. The number of carbonyl (C=O) groups is 1. The molecular formula is C14H16ClN3O3S. The van der Waals surface area contributed by atoms with Crippen molar-refractivity contribution in [3.8, 4) is 5.95 Å². The molecule has 0 spiro atoms. The van der Waals surface area contributed by atoms with Gasteiger partial charge in [-0.25, -0.2) is 0 Å². The second kappa shape index (κ2) is 7.02. The van der Waals surface area contributed by atoms with E-state index in [9.17, 15) is 9.90 Å². The summed E-state index contributed by atoms with van der Waals surface area (Å²) in [6.45, 7) is 3.76. The first-order chi connectivity index (χ1) is 10.4. The normalized spacial score (nSPS) is 12.2. The van der Waals surface area contributed by atoms with Gasteiger partial charge in [0.05, 0.1) is 10.5 Å². The van der Waals surface area contributed by atoms with Crippen LogP contribution in [0.4, 0.5) is 5.69 Å². The van der Waals surface area contributed by atoms with E-state index in [1.807, 2.05) is 19.9 Å². The van der Waals surface area contributed by atoms with Crippen LogP contribution in [0.15, 0.2) is 27.7 Å². The summed E-state index contributed by atoms with van der Waals surface area (Å²) in [6, 6.07) is 5.32. The maximum Gasteiger partial charge on any atom is 0.291 e. The predicted octanol–water partition coefficient (Wildman–Crippen LogP) is 2.04. The molecule has 0 saturated heterocycles. The van der Waals surface area contributed by atoms with Crippen LogP contribution < -0.4 is 15.1 Å². The number of hydrogen-bond acceptors (Lipinski definition) is 5. The third-order valence-electron chi connectivity index (χ3n) is 3.07. The van der Waals surface area contributed by atoms with Gasteiger partial charge in [-0.3, -0.25) is 4.79 Å². The fourth-order valence-corrected chi connectivity index (χ4v) is 2.88. The number of nitrogens with one attached hydrogen (secondary N) is 1. The zero-order chi connectivity index (χ0) is 16.3. The molecule has 2 rings (SSSR count). The highest BCUT2D eigenvalue weighted by Gasteiger charge is 2.25. The number of rotatable bonds is 5. The summed E-state index contributed by atoms with van der Waals surface area (Å²) < 4.78 is 5.88. The van der Waals surface area contributed by atoms with E-state index in [0.29, 0.717) is 22.2 Å². The molecule has 0 fully saturated rings. The first kappa shape index (κ1) is 16.6. The van der Waals surface area contributed by atoms with Gasteiger partial charge in [0.25, 0.3) is 5.03 Å². The molecule has 1 aromatic heterocycles. The minimum atomic E-state index is -0.544. The second-order valence-corrected chi connectivity index (χ2v) is 6.36. The van der Waals surface area contributed by atoms with Crippen molar-refractivity contribution >= 4 is 35.0 Å². The highest BCUT2D eigenvalue weighted by Crippen LogP contribution is 2.29. The molecular weight excluding hydrogens is 326 g/mol. The van der Waals surface area contributed by atoms with Crippen molar-refractivity contribution < 1.29 is 19.1 Å². The number of aromatic nitrogens is 2. The van der Waals surface area contributed by atoms with Crippen LogP contribution in [0, 0.1) is 6.92 Å². The third-order valence-corrected chi connectivity index (χ3v) is 4.96. The average molecular weight is 342 g/mol. The number of benzene rings is 1. The Labute approximate surface area is 137 Å². The molecule has 6 nitrogen and oxygen atoms in total. The van der Waals surface area contributed by atoms with Crippen LogP contribution in [0.3, 0.4) is 0 Å². The second-order valence-electron chi connectivity index (χ2n) is 4.76. The van der Waals surface area contributed by atoms with Crippen LogP contribution >= 0.6 is 23.4 Å². The Morgan fingerprint density at radius 1 is 1.59 bits per heavy atom. The maximum absolute atomic E-state index is 12.4. The minimum Gasteiger partial charge on any atom is -0.538 e. The van der Waals surface area contributed by atoms with Crippen LogP contribution in [0.2, 0.25) is 5.02 Å². The van der Waals surface area contributed by atoms with E-state index in [2.05, 4.69) is 15.1 Å². The van der Waals surface area contributed by atoms with Crippen LogP contribution in [0.25, 0.3) is 0 Å². The van der Waals surface area contributed by atoms with Gasteiger partial charge in [-0.15, -0.1) is 0 Å². The monoisotopic (exact) mass is 341 g/mol. The van der Waals surface area contributed by atoms with E-state index in [4.69, 9.17) is 11.6 Å². The zero-order valence-electron chi connectivity index (χ0n) is 12.4. The van der Waals surface area contributed by atoms with Gasteiger partial charge in [-0.1, -0.05) is 29.3 Å². The van der Waals surface area contributed by atoms with Crippen molar-refractivity contribution in [2.75, 3.05) is 5.32 Å². The molecule has 1 N–H and O–H groups in total. The average Bonchev–Trinajstić information content (AvgIpc) is 2.79. The first-order valence-electron chi connectivity index (χ1n) is 6.69. The SMILES string of the molecule is CCC(Sc1c([O-])on[n+]1C)C(=O)Nc1ccc(C)c(Cl)c1. The van der Waals surface area contributed by atoms with Crippen LogP contribution in [0.5, 0.6) is 5.95 Å². The van der Waals surface area contributed by atoms with Gasteiger partial charge < -0.3 is 14.9 Å². The van der Waals surface area contributed by atoms with E-state index in [1.165, 1.54) is 4.68 Å². The first-order valence-corrected chi connectivity index (χ1v) is 7.94. The molecule has 1 amide bonds. The molecule has 1 unspecified atom stereocenters. The molecule has 0 radical (unpaired) electrons. The van der Waals surface area contributed by atoms with Crippen molar-refractivity contribution in [2.45, 2.75) is 30.5 Å². The van der Waals surface area contributed by atoms with Gasteiger partial charge in [-0.05, 0) is 42.8 Å². The van der Waals surface area contributed by atoms with Crippen LogP contribution in [0.1, 0.15) is 18.9 Å². The highest BCUT2D eigenvalue weighted by molar-refractivity contribution is 8.00. The van der Waals surface area contributed by atoms with E-state index >= 15 is 0 Å². The van der Waals surface area contributed by atoms with Gasteiger partial charge in [0.15, 0.2) is 13.0 Å². The number of carbonyl (C=O) groups excluding carboxylic acids is 1. The lowest BCUT2D eigenvalue weighted by Crippen LogP contribution is -2.34. The Hall–Kier alpha value is -1.73. The van der Waals surface area contributed by atoms with Gasteiger partial charge in [-0.2, -0.15) is 0 Å². The van der Waals surface area contributed by atoms with Gasteiger partial charge in [0.2, 0.25) is 5.91 Å². The zero-order valence-corrected chi connectivity index (χ0v) is 14.0. The summed E-state index contributed by atoms with van der Waals surface area (Å²) in [7, 11) is 1.59. The lowest BCUT2D eigenvalue weighted by atomic mass is 10.2. The Morgan fingerprint density at radius 3 is 2.86 bits per heavy atom. The maximum atomic E-state index is 12.4. The summed E-state index contributed by atoms with van der Waals surface area (Å²) in [4.78, 5) is 12.4. The molecule has 1 aromatic carbocycles. The summed E-state index contributed by atoms with van der Waals surface area (Å²) in [5.74, 6) is -0.745. The number of thioether (sulfide) groups is 1. The smallest absolute Gasteiger partial charge is 0.291 e. The van der Waals surface area contributed by atoms with Crippen molar-refractivity contribution in [2.24, 2.45) is 7.05 Å². The Bertz CT molecular complexity index is 670. The largest absolute Gasteiger partial charge is 0.538 e. The molecule has 0 aliphatic rings. The number of nitrogens with zero attached hydrogens (tertiary/aromatic N) is 2. The number of halogens is 1. The number of anilines is 1. The lowest BCUT2D eigenvalue weighted by molar-refractivity contribution is -0.772. The van der Waals surface area contributed by atoms with E-state index in [1.54, 1.807) is 19.2 Å². The van der Waals surface area contributed by atoms with Crippen LogP contribution in [-0.4, -0.2) is 16.4 Å². The van der Waals surface area contributed by atoms with Crippen molar-refractivity contribution in [1.82, 2.24) is 5.27 Å². The molecule has 0 saturated carbocycles. The van der Waals surface area contributed by atoms with Crippen molar-refractivity contribution in [1.29, 1.82) is 0 Å². The molecule has 2 aromatic rings. The van der Waals surface area contributed by atoms with Crippen molar-refractivity contribution in [3.63, 3.8) is 0 Å². The van der Waals surface area contributed by atoms with E-state index in [-0.39, 0.29) is 5.91 Å². The molecule has 0 aliphatic heterocycles. The summed E-state index contributed by atoms with van der Waals surface area (Å²) >= 11 is 7.18. The van der Waals surface area contributed by atoms with E-state index < -0.39 is 11.2 Å². The minimum absolute atomic E-state index is 0.201. The van der Waals surface area contributed by atoms with Gasteiger partial charge in [0.1, 0.15) is 0 Å². The van der Waals surface area contributed by atoms with Crippen LogP contribution in [-0.2, 0) is 11.8 Å². The molecule has 118 valence electrons. The Morgan fingerprint density at radius 2 is 2.32 bits per heavy atom. The molecule has 1 atom stereocenters. The molecule has 0 aliphatic carbocycles. The number of amides is 1.